The molecule has 0 amide bonds. The minimum Gasteiger partial charge on any atom is -0.494 e. The second-order valence-corrected chi connectivity index (χ2v) is 4.01. The lowest BCUT2D eigenvalue weighted by Gasteiger charge is -2.05. The van der Waals surface area contributed by atoms with Gasteiger partial charge in [-0.3, -0.25) is 0 Å². The zero-order valence-corrected chi connectivity index (χ0v) is 10.6. The SMILES string of the molecule is CCOc1cccc(CCc2ocnc2C(=O)O)c1. The molecule has 0 spiro atoms. The van der Waals surface area contributed by atoms with Crippen molar-refractivity contribution in [2.24, 2.45) is 0 Å². The zero-order valence-electron chi connectivity index (χ0n) is 10.6. The maximum Gasteiger partial charge on any atom is 0.358 e. The largest absolute Gasteiger partial charge is 0.494 e. The van der Waals surface area contributed by atoms with Crippen LogP contribution < -0.4 is 4.74 Å². The molecule has 1 heterocycles. The Kier molecular flexibility index (Phi) is 4.18. The lowest BCUT2D eigenvalue weighted by Crippen LogP contribution is -2.02. The molecule has 0 fully saturated rings. The third kappa shape index (κ3) is 3.34. The maximum absolute atomic E-state index is 10.9. The number of carbonyl (C=O) groups is 1. The van der Waals surface area contributed by atoms with Gasteiger partial charge >= 0.3 is 5.97 Å². The van der Waals surface area contributed by atoms with E-state index in [1.807, 2.05) is 31.2 Å². The van der Waals surface area contributed by atoms with Gasteiger partial charge in [-0.1, -0.05) is 12.1 Å². The second kappa shape index (κ2) is 6.04. The van der Waals surface area contributed by atoms with Crippen molar-refractivity contribution in [3.05, 3.63) is 47.7 Å². The summed E-state index contributed by atoms with van der Waals surface area (Å²) < 4.78 is 10.5. The van der Waals surface area contributed by atoms with E-state index in [1.54, 1.807) is 0 Å². The van der Waals surface area contributed by atoms with Crippen molar-refractivity contribution >= 4 is 5.97 Å². The van der Waals surface area contributed by atoms with Crippen molar-refractivity contribution in [1.29, 1.82) is 0 Å². The number of hydrogen-bond donors (Lipinski definition) is 1. The molecule has 2 aromatic rings. The molecule has 0 unspecified atom stereocenters. The van der Waals surface area contributed by atoms with Crippen LogP contribution in [0.1, 0.15) is 28.7 Å². The number of aryl methyl sites for hydroxylation is 2. The molecule has 0 bridgehead atoms. The van der Waals surface area contributed by atoms with Gasteiger partial charge in [0.2, 0.25) is 0 Å². The molecule has 0 atom stereocenters. The van der Waals surface area contributed by atoms with Gasteiger partial charge in [-0.25, -0.2) is 9.78 Å². The van der Waals surface area contributed by atoms with E-state index >= 15 is 0 Å². The summed E-state index contributed by atoms with van der Waals surface area (Å²) in [6, 6.07) is 7.72. The first kappa shape index (κ1) is 13.1. The molecule has 5 nitrogen and oxygen atoms in total. The molecule has 0 saturated carbocycles. The third-order valence-electron chi connectivity index (χ3n) is 2.69. The smallest absolute Gasteiger partial charge is 0.358 e. The summed E-state index contributed by atoms with van der Waals surface area (Å²) >= 11 is 0. The summed E-state index contributed by atoms with van der Waals surface area (Å²) in [7, 11) is 0. The highest BCUT2D eigenvalue weighted by atomic mass is 16.5. The third-order valence-corrected chi connectivity index (χ3v) is 2.69. The molecular weight excluding hydrogens is 246 g/mol. The van der Waals surface area contributed by atoms with Crippen LogP contribution in [-0.4, -0.2) is 22.7 Å². The minimum atomic E-state index is -1.06. The number of oxazole rings is 1. The number of nitrogens with zero attached hydrogens (tertiary/aromatic N) is 1. The summed E-state index contributed by atoms with van der Waals surface area (Å²) in [5.74, 6) is 0.150. The quantitative estimate of drug-likeness (QED) is 0.865. The summed E-state index contributed by atoms with van der Waals surface area (Å²) in [6.07, 6.45) is 2.34. The minimum absolute atomic E-state index is 0.0130. The van der Waals surface area contributed by atoms with Gasteiger partial charge in [0.25, 0.3) is 0 Å². The van der Waals surface area contributed by atoms with Gasteiger partial charge in [-0.15, -0.1) is 0 Å². The molecule has 0 saturated heterocycles. The van der Waals surface area contributed by atoms with E-state index in [9.17, 15) is 4.79 Å². The van der Waals surface area contributed by atoms with E-state index in [2.05, 4.69) is 4.98 Å². The van der Waals surface area contributed by atoms with Crippen molar-refractivity contribution in [1.82, 2.24) is 4.98 Å². The summed E-state index contributed by atoms with van der Waals surface area (Å²) in [6.45, 7) is 2.55. The number of benzene rings is 1. The van der Waals surface area contributed by atoms with E-state index in [1.165, 1.54) is 0 Å². The molecule has 5 heteroatoms. The van der Waals surface area contributed by atoms with Gasteiger partial charge < -0.3 is 14.3 Å². The summed E-state index contributed by atoms with van der Waals surface area (Å²) in [5, 5.41) is 8.92. The maximum atomic E-state index is 10.9. The highest BCUT2D eigenvalue weighted by Crippen LogP contribution is 2.16. The molecule has 1 N–H and O–H groups in total. The van der Waals surface area contributed by atoms with Crippen molar-refractivity contribution < 1.29 is 19.1 Å². The molecule has 100 valence electrons. The van der Waals surface area contributed by atoms with Crippen LogP contribution >= 0.6 is 0 Å². The molecule has 0 radical (unpaired) electrons. The molecule has 1 aromatic heterocycles. The highest BCUT2D eigenvalue weighted by Gasteiger charge is 2.15. The van der Waals surface area contributed by atoms with Gasteiger partial charge in [-0.2, -0.15) is 0 Å². The Labute approximate surface area is 110 Å². The Morgan fingerprint density at radius 1 is 1.42 bits per heavy atom. The van der Waals surface area contributed by atoms with Crippen LogP contribution in [0.4, 0.5) is 0 Å². The van der Waals surface area contributed by atoms with Crippen LogP contribution in [0.25, 0.3) is 0 Å². The van der Waals surface area contributed by atoms with Crippen LogP contribution in [0.2, 0.25) is 0 Å². The first-order valence-corrected chi connectivity index (χ1v) is 6.08. The Bertz CT molecular complexity index is 562. The fraction of sp³-hybridized carbons (Fsp3) is 0.286. The molecule has 0 aliphatic rings. The average Bonchev–Trinajstić information content (AvgIpc) is 2.86. The van der Waals surface area contributed by atoms with E-state index in [0.29, 0.717) is 25.2 Å². The number of carboxylic acid groups (broad SMARTS) is 1. The molecule has 2 rings (SSSR count). The predicted molar refractivity (Wildman–Crippen MR) is 68.5 cm³/mol. The van der Waals surface area contributed by atoms with Gasteiger partial charge in [0, 0.05) is 6.42 Å². The highest BCUT2D eigenvalue weighted by molar-refractivity contribution is 5.86. The fourth-order valence-corrected chi connectivity index (χ4v) is 1.84. The van der Waals surface area contributed by atoms with Gasteiger partial charge in [-0.05, 0) is 31.0 Å². The average molecular weight is 261 g/mol. The number of ether oxygens (including phenoxy) is 1. The number of aromatic nitrogens is 1. The lowest BCUT2D eigenvalue weighted by molar-refractivity contribution is 0.0689. The second-order valence-electron chi connectivity index (χ2n) is 4.01. The molecule has 0 aliphatic carbocycles. The molecular formula is C14H15NO4. The Morgan fingerprint density at radius 2 is 2.26 bits per heavy atom. The van der Waals surface area contributed by atoms with Crippen LogP contribution in [-0.2, 0) is 12.8 Å². The fourth-order valence-electron chi connectivity index (χ4n) is 1.84. The summed E-state index contributed by atoms with van der Waals surface area (Å²) in [5.41, 5.74) is 1.06. The van der Waals surface area contributed by atoms with E-state index in [-0.39, 0.29) is 5.69 Å². The number of rotatable bonds is 6. The Hall–Kier alpha value is -2.30. The van der Waals surface area contributed by atoms with Crippen molar-refractivity contribution in [2.45, 2.75) is 19.8 Å². The van der Waals surface area contributed by atoms with Crippen LogP contribution in [0.5, 0.6) is 5.75 Å². The standard InChI is InChI=1S/C14H15NO4/c1-2-18-11-5-3-4-10(8-11)6-7-12-13(14(16)17)15-9-19-12/h3-5,8-9H,2,6-7H2,1H3,(H,16,17). The van der Waals surface area contributed by atoms with Crippen molar-refractivity contribution in [3.8, 4) is 5.75 Å². The van der Waals surface area contributed by atoms with Crippen LogP contribution in [0.3, 0.4) is 0 Å². The Balaban J connectivity index is 2.04. The van der Waals surface area contributed by atoms with Crippen molar-refractivity contribution in [2.75, 3.05) is 6.61 Å². The number of aromatic carboxylic acids is 1. The molecule has 0 aliphatic heterocycles. The predicted octanol–water partition coefficient (Wildman–Crippen LogP) is 2.56. The number of hydrogen-bond acceptors (Lipinski definition) is 4. The topological polar surface area (TPSA) is 72.6 Å². The lowest BCUT2D eigenvalue weighted by atomic mass is 10.1. The number of carboxylic acids is 1. The Morgan fingerprint density at radius 3 is 3.00 bits per heavy atom. The molecule has 1 aromatic carbocycles. The van der Waals surface area contributed by atoms with Gasteiger partial charge in [0.1, 0.15) is 11.5 Å². The van der Waals surface area contributed by atoms with E-state index in [0.717, 1.165) is 17.7 Å². The van der Waals surface area contributed by atoms with Gasteiger partial charge in [0.05, 0.1) is 6.61 Å². The monoisotopic (exact) mass is 261 g/mol. The van der Waals surface area contributed by atoms with Gasteiger partial charge in [0.15, 0.2) is 12.1 Å². The first-order valence-electron chi connectivity index (χ1n) is 6.08. The van der Waals surface area contributed by atoms with E-state index < -0.39 is 5.97 Å². The van der Waals surface area contributed by atoms with E-state index in [4.69, 9.17) is 14.3 Å². The van der Waals surface area contributed by atoms with Crippen molar-refractivity contribution in [3.63, 3.8) is 0 Å². The normalized spacial score (nSPS) is 10.4. The van der Waals surface area contributed by atoms with Crippen LogP contribution in [0, 0.1) is 0 Å². The zero-order chi connectivity index (χ0) is 13.7. The van der Waals surface area contributed by atoms with Crippen LogP contribution in [0.15, 0.2) is 35.1 Å². The summed E-state index contributed by atoms with van der Waals surface area (Å²) in [4.78, 5) is 14.6. The first-order chi connectivity index (χ1) is 9.20. The molecule has 19 heavy (non-hydrogen) atoms.